The summed E-state index contributed by atoms with van der Waals surface area (Å²) < 4.78 is 1.83. The summed E-state index contributed by atoms with van der Waals surface area (Å²) in [6.45, 7) is 8.92. The van der Waals surface area contributed by atoms with Gasteiger partial charge in [-0.1, -0.05) is 45.9 Å². The molecule has 1 fully saturated rings. The van der Waals surface area contributed by atoms with Gasteiger partial charge in [-0.25, -0.2) is 4.98 Å². The minimum absolute atomic E-state index is 0.0175. The molecule has 2 aromatic rings. The second kappa shape index (κ2) is 8.59. The van der Waals surface area contributed by atoms with Crippen molar-refractivity contribution in [3.63, 3.8) is 0 Å². The van der Waals surface area contributed by atoms with Crippen molar-refractivity contribution in [3.05, 3.63) is 48.5 Å². The summed E-state index contributed by atoms with van der Waals surface area (Å²) >= 11 is 0. The number of carbonyl (C=O) groups is 2. The highest BCUT2D eigenvalue weighted by Crippen LogP contribution is 2.22. The third-order valence-corrected chi connectivity index (χ3v) is 5.01. The topological polar surface area (TPSA) is 67.2 Å². The Morgan fingerprint density at radius 1 is 1.14 bits per heavy atom. The van der Waals surface area contributed by atoms with Gasteiger partial charge in [-0.2, -0.15) is 0 Å². The third kappa shape index (κ3) is 4.61. The van der Waals surface area contributed by atoms with Gasteiger partial charge in [0.05, 0.1) is 0 Å². The maximum absolute atomic E-state index is 13.3. The van der Waals surface area contributed by atoms with Crippen molar-refractivity contribution in [1.82, 2.24) is 19.8 Å². The van der Waals surface area contributed by atoms with E-state index >= 15 is 0 Å². The molecule has 1 saturated heterocycles. The fourth-order valence-corrected chi connectivity index (χ4v) is 3.78. The molecule has 6 heteroatoms. The molecule has 2 unspecified atom stereocenters. The molecule has 150 valence electrons. The molecule has 3 rings (SSSR count). The van der Waals surface area contributed by atoms with Crippen LogP contribution in [0.15, 0.2) is 42.9 Å². The average molecular weight is 383 g/mol. The van der Waals surface area contributed by atoms with Crippen LogP contribution in [0.3, 0.4) is 0 Å². The minimum atomic E-state index is -0.446. The summed E-state index contributed by atoms with van der Waals surface area (Å²) in [5, 5.41) is 3.11. The standard InChI is InChI=1S/C22H30N4O2/c1-15(2)10-17-12-26(20(11-16(3)4)21(27)24-17)22(28)19-13-25(14-23-19)18-8-6-5-7-9-18/h5-9,13-17,20H,10-12H2,1-4H3,(H,24,27). The Bertz CT molecular complexity index is 813. The molecule has 0 saturated carbocycles. The van der Waals surface area contributed by atoms with Crippen LogP contribution in [-0.4, -0.2) is 44.9 Å². The summed E-state index contributed by atoms with van der Waals surface area (Å²) in [6.07, 6.45) is 4.89. The molecule has 0 radical (unpaired) electrons. The number of benzene rings is 1. The second-order valence-electron chi connectivity index (χ2n) is 8.44. The van der Waals surface area contributed by atoms with Crippen molar-refractivity contribution in [2.45, 2.75) is 52.6 Å². The molecule has 1 aromatic carbocycles. The van der Waals surface area contributed by atoms with E-state index in [9.17, 15) is 9.59 Å². The molecular formula is C22H30N4O2. The molecule has 2 amide bonds. The van der Waals surface area contributed by atoms with Gasteiger partial charge in [-0.15, -0.1) is 0 Å². The van der Waals surface area contributed by atoms with E-state index in [2.05, 4.69) is 38.0 Å². The zero-order valence-electron chi connectivity index (χ0n) is 17.1. The van der Waals surface area contributed by atoms with Gasteiger partial charge < -0.3 is 14.8 Å². The molecule has 28 heavy (non-hydrogen) atoms. The number of piperazine rings is 1. The SMILES string of the molecule is CC(C)CC1CN(C(=O)c2cn(-c3ccccc3)cn2)C(CC(C)C)C(=O)N1. The number of aromatic nitrogens is 2. The van der Waals surface area contributed by atoms with Gasteiger partial charge in [0.2, 0.25) is 5.91 Å². The summed E-state index contributed by atoms with van der Waals surface area (Å²) in [5.41, 5.74) is 1.32. The first-order valence-corrected chi connectivity index (χ1v) is 10.1. The normalized spacial score (nSPS) is 19.9. The van der Waals surface area contributed by atoms with Crippen molar-refractivity contribution in [1.29, 1.82) is 0 Å². The predicted octanol–water partition coefficient (Wildman–Crippen LogP) is 3.27. The number of hydrogen-bond donors (Lipinski definition) is 1. The quantitative estimate of drug-likeness (QED) is 0.834. The highest BCUT2D eigenvalue weighted by atomic mass is 16.2. The monoisotopic (exact) mass is 382 g/mol. The number of nitrogens with one attached hydrogen (secondary N) is 1. The highest BCUT2D eigenvalue weighted by molar-refractivity contribution is 5.97. The smallest absolute Gasteiger partial charge is 0.274 e. The number of amides is 2. The molecule has 6 nitrogen and oxygen atoms in total. The Morgan fingerprint density at radius 3 is 2.46 bits per heavy atom. The molecule has 0 aliphatic carbocycles. The minimum Gasteiger partial charge on any atom is -0.350 e. The first kappa shape index (κ1) is 20.1. The van der Waals surface area contributed by atoms with Crippen LogP contribution in [0, 0.1) is 11.8 Å². The maximum Gasteiger partial charge on any atom is 0.274 e. The van der Waals surface area contributed by atoms with Crippen molar-refractivity contribution >= 4 is 11.8 Å². The van der Waals surface area contributed by atoms with Gasteiger partial charge in [-0.05, 0) is 36.8 Å². The number of imidazole rings is 1. The van der Waals surface area contributed by atoms with E-state index in [1.165, 1.54) is 0 Å². The number of carbonyl (C=O) groups excluding carboxylic acids is 2. The lowest BCUT2D eigenvalue weighted by molar-refractivity contribution is -0.130. The molecule has 2 heterocycles. The molecule has 0 spiro atoms. The summed E-state index contributed by atoms with van der Waals surface area (Å²) in [5.74, 6) is 0.529. The fourth-order valence-electron chi connectivity index (χ4n) is 3.78. The van der Waals surface area contributed by atoms with E-state index in [0.29, 0.717) is 30.5 Å². The van der Waals surface area contributed by atoms with Gasteiger partial charge in [0.25, 0.3) is 5.91 Å². The Kier molecular flexibility index (Phi) is 6.17. The maximum atomic E-state index is 13.3. The van der Waals surface area contributed by atoms with Crippen molar-refractivity contribution < 1.29 is 9.59 Å². The zero-order chi connectivity index (χ0) is 20.3. The van der Waals surface area contributed by atoms with Gasteiger partial charge in [0.1, 0.15) is 18.1 Å². The van der Waals surface area contributed by atoms with Crippen LogP contribution < -0.4 is 5.32 Å². The number of para-hydroxylation sites is 1. The summed E-state index contributed by atoms with van der Waals surface area (Å²) in [6, 6.07) is 9.30. The van der Waals surface area contributed by atoms with Gasteiger partial charge in [-0.3, -0.25) is 9.59 Å². The average Bonchev–Trinajstić information content (AvgIpc) is 3.13. The van der Waals surface area contributed by atoms with Crippen molar-refractivity contribution in [2.24, 2.45) is 11.8 Å². The van der Waals surface area contributed by atoms with Gasteiger partial charge in [0, 0.05) is 24.5 Å². The Balaban J connectivity index is 1.85. The zero-order valence-corrected chi connectivity index (χ0v) is 17.1. The van der Waals surface area contributed by atoms with E-state index in [1.807, 2.05) is 34.9 Å². The highest BCUT2D eigenvalue weighted by Gasteiger charge is 2.38. The van der Waals surface area contributed by atoms with Crippen molar-refractivity contribution in [3.8, 4) is 5.69 Å². The van der Waals surface area contributed by atoms with E-state index in [0.717, 1.165) is 12.1 Å². The predicted molar refractivity (Wildman–Crippen MR) is 109 cm³/mol. The molecule has 0 bridgehead atoms. The Labute approximate surface area is 166 Å². The fraction of sp³-hybridized carbons (Fsp3) is 0.500. The lowest BCUT2D eigenvalue weighted by Crippen LogP contribution is -2.62. The molecule has 1 aliphatic rings. The number of hydrogen-bond acceptors (Lipinski definition) is 3. The van der Waals surface area contributed by atoms with Crippen molar-refractivity contribution in [2.75, 3.05) is 6.54 Å². The molecular weight excluding hydrogens is 352 g/mol. The number of nitrogens with zero attached hydrogens (tertiary/aromatic N) is 3. The van der Waals surface area contributed by atoms with Crippen LogP contribution in [0.1, 0.15) is 51.0 Å². The molecule has 1 N–H and O–H groups in total. The van der Waals surface area contributed by atoms with E-state index in [4.69, 9.17) is 0 Å². The number of rotatable bonds is 6. The Morgan fingerprint density at radius 2 is 1.82 bits per heavy atom. The van der Waals surface area contributed by atoms with E-state index < -0.39 is 6.04 Å². The lowest BCUT2D eigenvalue weighted by Gasteiger charge is -2.40. The summed E-state index contributed by atoms with van der Waals surface area (Å²) in [7, 11) is 0. The van der Waals surface area contributed by atoms with Crippen LogP contribution in [0.4, 0.5) is 0 Å². The van der Waals surface area contributed by atoms with Crippen LogP contribution in [0.25, 0.3) is 5.69 Å². The van der Waals surface area contributed by atoms with Gasteiger partial charge >= 0.3 is 0 Å². The largest absolute Gasteiger partial charge is 0.350 e. The Hall–Kier alpha value is -2.63. The third-order valence-electron chi connectivity index (χ3n) is 5.01. The second-order valence-corrected chi connectivity index (χ2v) is 8.44. The molecule has 1 aromatic heterocycles. The first-order valence-electron chi connectivity index (χ1n) is 10.1. The van der Waals surface area contributed by atoms with Crippen LogP contribution in [0.5, 0.6) is 0 Å². The van der Waals surface area contributed by atoms with Crippen LogP contribution in [-0.2, 0) is 4.79 Å². The van der Waals surface area contributed by atoms with E-state index in [1.54, 1.807) is 17.4 Å². The first-order chi connectivity index (χ1) is 13.3. The lowest BCUT2D eigenvalue weighted by atomic mass is 9.95. The van der Waals surface area contributed by atoms with Crippen LogP contribution in [0.2, 0.25) is 0 Å². The van der Waals surface area contributed by atoms with Crippen LogP contribution >= 0.6 is 0 Å². The van der Waals surface area contributed by atoms with E-state index in [-0.39, 0.29) is 17.9 Å². The van der Waals surface area contributed by atoms with Gasteiger partial charge in [0.15, 0.2) is 0 Å². The molecule has 1 aliphatic heterocycles. The summed E-state index contributed by atoms with van der Waals surface area (Å²) in [4.78, 5) is 32.1. The molecule has 2 atom stereocenters.